The highest BCUT2D eigenvalue weighted by Crippen LogP contribution is 2.40. The van der Waals surface area contributed by atoms with Crippen LogP contribution in [0, 0.1) is 17.5 Å². The molecule has 0 saturated heterocycles. The maximum atomic E-state index is 14.8. The SMILES string of the molecule is CSc1ncnc([C@@H](C)[C@@](O)(Cn2cncn2)c2ccc(F)cc2F)c1F. The summed E-state index contributed by atoms with van der Waals surface area (Å²) in [7, 11) is 0. The average molecular weight is 395 g/mol. The van der Waals surface area contributed by atoms with Crippen molar-refractivity contribution in [2.75, 3.05) is 6.26 Å². The van der Waals surface area contributed by atoms with Crippen molar-refractivity contribution in [3.05, 3.63) is 65.9 Å². The molecule has 0 bridgehead atoms. The third kappa shape index (κ3) is 3.67. The number of halogens is 3. The maximum Gasteiger partial charge on any atom is 0.177 e. The van der Waals surface area contributed by atoms with Crippen LogP contribution in [0.2, 0.25) is 0 Å². The smallest absolute Gasteiger partial charge is 0.177 e. The van der Waals surface area contributed by atoms with Crippen molar-refractivity contribution in [1.82, 2.24) is 24.7 Å². The van der Waals surface area contributed by atoms with Crippen LogP contribution < -0.4 is 0 Å². The molecule has 1 N–H and O–H groups in total. The summed E-state index contributed by atoms with van der Waals surface area (Å²) in [5.74, 6) is -3.44. The van der Waals surface area contributed by atoms with E-state index < -0.39 is 29.0 Å². The number of aliphatic hydroxyl groups is 1. The molecule has 0 aliphatic heterocycles. The van der Waals surface area contributed by atoms with E-state index in [4.69, 9.17) is 0 Å². The Hall–Kier alpha value is -2.46. The molecule has 0 fully saturated rings. The highest BCUT2D eigenvalue weighted by Gasteiger charge is 2.42. The number of hydrogen-bond acceptors (Lipinski definition) is 6. The summed E-state index contributed by atoms with van der Waals surface area (Å²) in [5, 5.41) is 15.5. The van der Waals surface area contributed by atoms with Crippen molar-refractivity contribution < 1.29 is 18.3 Å². The molecule has 0 aliphatic rings. The van der Waals surface area contributed by atoms with Gasteiger partial charge >= 0.3 is 0 Å². The van der Waals surface area contributed by atoms with Gasteiger partial charge in [-0.15, -0.1) is 11.8 Å². The third-order valence-corrected chi connectivity index (χ3v) is 5.04. The molecule has 142 valence electrons. The molecule has 1 aromatic carbocycles. The van der Waals surface area contributed by atoms with Crippen LogP contribution in [-0.2, 0) is 12.1 Å². The minimum Gasteiger partial charge on any atom is -0.382 e. The lowest BCUT2D eigenvalue weighted by molar-refractivity contribution is -0.0135. The van der Waals surface area contributed by atoms with Crippen LogP contribution in [-0.4, -0.2) is 36.1 Å². The van der Waals surface area contributed by atoms with Gasteiger partial charge in [0.25, 0.3) is 0 Å². The van der Waals surface area contributed by atoms with Gasteiger partial charge in [-0.2, -0.15) is 5.10 Å². The molecular formula is C17H16F3N5OS. The first-order chi connectivity index (χ1) is 12.9. The molecule has 0 amide bonds. The zero-order valence-corrected chi connectivity index (χ0v) is 15.3. The Bertz CT molecular complexity index is 940. The van der Waals surface area contributed by atoms with Crippen LogP contribution in [0.4, 0.5) is 13.2 Å². The Morgan fingerprint density at radius 3 is 2.63 bits per heavy atom. The molecule has 2 heterocycles. The van der Waals surface area contributed by atoms with Crippen molar-refractivity contribution in [3.8, 4) is 0 Å². The van der Waals surface area contributed by atoms with E-state index in [2.05, 4.69) is 20.1 Å². The Morgan fingerprint density at radius 1 is 1.22 bits per heavy atom. The summed E-state index contributed by atoms with van der Waals surface area (Å²) in [4.78, 5) is 11.6. The van der Waals surface area contributed by atoms with Gasteiger partial charge in [-0.1, -0.05) is 13.0 Å². The monoisotopic (exact) mass is 395 g/mol. The summed E-state index contributed by atoms with van der Waals surface area (Å²) < 4.78 is 43.9. The van der Waals surface area contributed by atoms with E-state index in [1.165, 1.54) is 30.6 Å². The molecular weight excluding hydrogens is 379 g/mol. The van der Waals surface area contributed by atoms with Crippen LogP contribution in [0.15, 0.2) is 42.2 Å². The number of hydrogen-bond donors (Lipinski definition) is 1. The Labute approximate surface area is 157 Å². The number of thioether (sulfide) groups is 1. The number of benzene rings is 1. The quantitative estimate of drug-likeness (QED) is 0.511. The van der Waals surface area contributed by atoms with Gasteiger partial charge in [-0.25, -0.2) is 32.8 Å². The molecule has 2 atom stereocenters. The molecule has 0 spiro atoms. The fourth-order valence-corrected chi connectivity index (χ4v) is 3.33. The van der Waals surface area contributed by atoms with Crippen LogP contribution in [0.1, 0.15) is 24.1 Å². The lowest BCUT2D eigenvalue weighted by atomic mass is 9.79. The summed E-state index contributed by atoms with van der Waals surface area (Å²) in [6, 6.07) is 2.83. The molecule has 0 aliphatic carbocycles. The Morgan fingerprint density at radius 2 is 2.00 bits per heavy atom. The predicted octanol–water partition coefficient (Wildman–Crippen LogP) is 2.90. The molecule has 3 rings (SSSR count). The van der Waals surface area contributed by atoms with E-state index in [1.54, 1.807) is 6.26 Å². The first-order valence-corrected chi connectivity index (χ1v) is 9.14. The van der Waals surface area contributed by atoms with Crippen LogP contribution >= 0.6 is 11.8 Å². The summed E-state index contributed by atoms with van der Waals surface area (Å²) in [6.07, 6.45) is 5.42. The molecule has 10 heteroatoms. The topological polar surface area (TPSA) is 76.7 Å². The van der Waals surface area contributed by atoms with Gasteiger partial charge in [-0.05, 0) is 12.3 Å². The van der Waals surface area contributed by atoms with E-state index in [1.807, 2.05) is 0 Å². The normalized spacial score (nSPS) is 14.7. The van der Waals surface area contributed by atoms with Crippen molar-refractivity contribution in [1.29, 1.82) is 0 Å². The van der Waals surface area contributed by atoms with Crippen molar-refractivity contribution in [3.63, 3.8) is 0 Å². The fourth-order valence-electron chi connectivity index (χ4n) is 2.89. The van der Waals surface area contributed by atoms with E-state index in [9.17, 15) is 18.3 Å². The molecule has 0 unspecified atom stereocenters. The molecule has 27 heavy (non-hydrogen) atoms. The van der Waals surface area contributed by atoms with Crippen molar-refractivity contribution >= 4 is 11.8 Å². The first kappa shape index (κ1) is 19.3. The second kappa shape index (κ2) is 7.65. The highest BCUT2D eigenvalue weighted by molar-refractivity contribution is 7.98. The molecule has 3 aromatic rings. The van der Waals surface area contributed by atoms with E-state index in [-0.39, 0.29) is 22.8 Å². The van der Waals surface area contributed by atoms with E-state index in [0.717, 1.165) is 23.9 Å². The molecule has 6 nitrogen and oxygen atoms in total. The fraction of sp³-hybridized carbons (Fsp3) is 0.294. The number of aromatic nitrogens is 5. The third-order valence-electron chi connectivity index (χ3n) is 4.37. The first-order valence-electron chi connectivity index (χ1n) is 7.91. The van der Waals surface area contributed by atoms with Crippen LogP contribution in [0.3, 0.4) is 0 Å². The standard InChI is InChI=1S/C17H16F3N5OS/c1-10(15-14(20)16(27-2)23-8-22-15)17(26,6-25-9-21-7-24-25)12-4-3-11(18)5-13(12)19/h3-5,7-10,26H,6H2,1-2H3/t10-,17+/m1/s1. The number of rotatable bonds is 6. The van der Waals surface area contributed by atoms with Gasteiger partial charge in [0.1, 0.15) is 41.2 Å². The van der Waals surface area contributed by atoms with Crippen LogP contribution in [0.5, 0.6) is 0 Å². The zero-order valence-electron chi connectivity index (χ0n) is 14.5. The molecule has 2 aromatic heterocycles. The average Bonchev–Trinajstić information content (AvgIpc) is 3.14. The highest BCUT2D eigenvalue weighted by atomic mass is 32.2. The minimum atomic E-state index is -1.98. The lowest BCUT2D eigenvalue weighted by Crippen LogP contribution is -2.39. The second-order valence-corrected chi connectivity index (χ2v) is 6.74. The maximum absolute atomic E-state index is 14.8. The van der Waals surface area contributed by atoms with Gasteiger partial charge in [-0.3, -0.25) is 0 Å². The van der Waals surface area contributed by atoms with Crippen molar-refractivity contribution in [2.24, 2.45) is 0 Å². The minimum absolute atomic E-state index is 0.0827. The van der Waals surface area contributed by atoms with Gasteiger partial charge in [0.05, 0.1) is 12.2 Å². The predicted molar refractivity (Wildman–Crippen MR) is 92.5 cm³/mol. The summed E-state index contributed by atoms with van der Waals surface area (Å²) in [6.45, 7) is 1.27. The Kier molecular flexibility index (Phi) is 5.47. The van der Waals surface area contributed by atoms with E-state index in [0.29, 0.717) is 6.07 Å². The van der Waals surface area contributed by atoms with Gasteiger partial charge in [0.15, 0.2) is 5.82 Å². The summed E-state index contributed by atoms with van der Waals surface area (Å²) >= 11 is 1.08. The van der Waals surface area contributed by atoms with Crippen molar-refractivity contribution in [2.45, 2.75) is 30.0 Å². The van der Waals surface area contributed by atoms with Gasteiger partial charge < -0.3 is 5.11 Å². The molecule has 0 radical (unpaired) electrons. The van der Waals surface area contributed by atoms with Gasteiger partial charge in [0.2, 0.25) is 0 Å². The largest absolute Gasteiger partial charge is 0.382 e. The second-order valence-electron chi connectivity index (χ2n) is 5.95. The Balaban J connectivity index is 2.14. The lowest BCUT2D eigenvalue weighted by Gasteiger charge is -2.34. The number of nitrogens with zero attached hydrogens (tertiary/aromatic N) is 5. The summed E-state index contributed by atoms with van der Waals surface area (Å²) in [5.41, 5.74) is -2.26. The van der Waals surface area contributed by atoms with Gasteiger partial charge in [0, 0.05) is 17.5 Å². The van der Waals surface area contributed by atoms with Crippen LogP contribution in [0.25, 0.3) is 0 Å². The zero-order chi connectivity index (χ0) is 19.6. The van der Waals surface area contributed by atoms with E-state index >= 15 is 0 Å². The molecule has 0 saturated carbocycles.